The minimum atomic E-state index is -0.201. The molecule has 5 heteroatoms. The highest BCUT2D eigenvalue weighted by Crippen LogP contribution is 2.21. The van der Waals surface area contributed by atoms with E-state index in [0.29, 0.717) is 17.1 Å². The van der Waals surface area contributed by atoms with Crippen molar-refractivity contribution in [3.8, 4) is 0 Å². The molecular weight excluding hydrogens is 328 g/mol. The van der Waals surface area contributed by atoms with E-state index in [4.69, 9.17) is 11.6 Å². The molecule has 1 aromatic carbocycles. The molecule has 19 heavy (non-hydrogen) atoms. The fourth-order valence-corrected chi connectivity index (χ4v) is 2.29. The summed E-state index contributed by atoms with van der Waals surface area (Å²) in [6.07, 6.45) is 3.00. The van der Waals surface area contributed by atoms with Gasteiger partial charge in [-0.1, -0.05) is 57.9 Å². The smallest absolute Gasteiger partial charge is 0.252 e. The van der Waals surface area contributed by atoms with E-state index < -0.39 is 0 Å². The summed E-state index contributed by atoms with van der Waals surface area (Å²) in [5.41, 5.74) is 1.55. The molecule has 1 amide bonds. The van der Waals surface area contributed by atoms with Gasteiger partial charge in [-0.05, 0) is 11.6 Å². The Bertz CT molecular complexity index is 562. The third-order valence-electron chi connectivity index (χ3n) is 2.62. The third-order valence-corrected chi connectivity index (χ3v) is 3.77. The molecule has 0 aliphatic rings. The summed E-state index contributed by atoms with van der Waals surface area (Å²) in [6, 6.07) is 11.5. The van der Waals surface area contributed by atoms with Crippen molar-refractivity contribution in [3.63, 3.8) is 0 Å². The van der Waals surface area contributed by atoms with E-state index in [1.165, 1.54) is 6.20 Å². The van der Waals surface area contributed by atoms with Crippen LogP contribution in [-0.2, 0) is 0 Å². The van der Waals surface area contributed by atoms with Crippen LogP contribution in [0.5, 0.6) is 0 Å². The van der Waals surface area contributed by atoms with Crippen LogP contribution in [0.15, 0.2) is 48.8 Å². The maximum Gasteiger partial charge on any atom is 0.252 e. The quantitative estimate of drug-likeness (QED) is 0.865. The van der Waals surface area contributed by atoms with Gasteiger partial charge in [0, 0.05) is 18.9 Å². The number of carbonyl (C=O) groups excluding carboxylic acids is 1. The van der Waals surface area contributed by atoms with Gasteiger partial charge in [-0.15, -0.1) is 0 Å². The molecular formula is C14H12BrClN2O. The van der Waals surface area contributed by atoms with Crippen LogP contribution in [0.3, 0.4) is 0 Å². The zero-order chi connectivity index (χ0) is 13.7. The fourth-order valence-electron chi connectivity index (χ4n) is 1.62. The van der Waals surface area contributed by atoms with Gasteiger partial charge in [0.2, 0.25) is 0 Å². The summed E-state index contributed by atoms with van der Waals surface area (Å²) in [5.74, 6) is -0.201. The van der Waals surface area contributed by atoms with Crippen molar-refractivity contribution < 1.29 is 4.79 Å². The van der Waals surface area contributed by atoms with Crippen molar-refractivity contribution in [2.75, 3.05) is 6.54 Å². The molecule has 1 aromatic heterocycles. The Balaban J connectivity index is 1.96. The lowest BCUT2D eigenvalue weighted by molar-refractivity contribution is 0.0954. The van der Waals surface area contributed by atoms with Crippen LogP contribution in [0, 0.1) is 0 Å². The molecule has 2 rings (SSSR count). The van der Waals surface area contributed by atoms with E-state index in [9.17, 15) is 4.79 Å². The Kier molecular flexibility index (Phi) is 4.93. The lowest BCUT2D eigenvalue weighted by Crippen LogP contribution is -2.27. The standard InChI is InChI=1S/C14H12BrClN2O/c15-12(10-4-2-1-3-5-10)8-18-14(19)11-6-7-17-9-13(11)16/h1-7,9,12H,8H2,(H,18,19). The summed E-state index contributed by atoms with van der Waals surface area (Å²) >= 11 is 9.46. The zero-order valence-corrected chi connectivity index (χ0v) is 12.4. The van der Waals surface area contributed by atoms with E-state index in [0.717, 1.165) is 5.56 Å². The molecule has 1 heterocycles. The first-order valence-electron chi connectivity index (χ1n) is 5.75. The molecule has 0 saturated carbocycles. The van der Waals surface area contributed by atoms with Crippen molar-refractivity contribution in [2.45, 2.75) is 4.83 Å². The summed E-state index contributed by atoms with van der Waals surface area (Å²) < 4.78 is 0. The lowest BCUT2D eigenvalue weighted by Gasteiger charge is -2.12. The maximum absolute atomic E-state index is 12.0. The Labute approximate surface area is 125 Å². The van der Waals surface area contributed by atoms with Crippen LogP contribution in [0.4, 0.5) is 0 Å². The topological polar surface area (TPSA) is 42.0 Å². The number of halogens is 2. The highest BCUT2D eigenvalue weighted by Gasteiger charge is 2.12. The number of nitrogens with zero attached hydrogens (tertiary/aromatic N) is 1. The number of rotatable bonds is 4. The predicted octanol–water partition coefficient (Wildman–Crippen LogP) is 3.60. The van der Waals surface area contributed by atoms with Crippen LogP contribution in [0.25, 0.3) is 0 Å². The van der Waals surface area contributed by atoms with Crippen molar-refractivity contribution in [1.82, 2.24) is 10.3 Å². The van der Waals surface area contributed by atoms with Gasteiger partial charge in [-0.25, -0.2) is 0 Å². The van der Waals surface area contributed by atoms with Gasteiger partial charge in [0.15, 0.2) is 0 Å². The van der Waals surface area contributed by atoms with E-state index >= 15 is 0 Å². The summed E-state index contributed by atoms with van der Waals surface area (Å²) in [7, 11) is 0. The Morgan fingerprint density at radius 3 is 2.74 bits per heavy atom. The minimum absolute atomic E-state index is 0.0678. The summed E-state index contributed by atoms with van der Waals surface area (Å²) in [6.45, 7) is 0.488. The first-order valence-corrected chi connectivity index (χ1v) is 7.04. The first kappa shape index (κ1) is 14.0. The summed E-state index contributed by atoms with van der Waals surface area (Å²) in [5, 5.41) is 3.19. The van der Waals surface area contributed by atoms with Crippen LogP contribution in [-0.4, -0.2) is 17.4 Å². The number of carbonyl (C=O) groups is 1. The van der Waals surface area contributed by atoms with Crippen LogP contribution < -0.4 is 5.32 Å². The van der Waals surface area contributed by atoms with E-state index in [1.807, 2.05) is 30.3 Å². The van der Waals surface area contributed by atoms with Gasteiger partial charge in [0.1, 0.15) is 0 Å². The molecule has 0 radical (unpaired) electrons. The van der Waals surface area contributed by atoms with E-state index in [2.05, 4.69) is 26.2 Å². The molecule has 98 valence electrons. The number of aromatic nitrogens is 1. The van der Waals surface area contributed by atoms with Gasteiger partial charge in [-0.3, -0.25) is 9.78 Å². The van der Waals surface area contributed by atoms with Crippen molar-refractivity contribution in [3.05, 3.63) is 64.9 Å². The van der Waals surface area contributed by atoms with Crippen LogP contribution in [0.1, 0.15) is 20.7 Å². The zero-order valence-electron chi connectivity index (χ0n) is 10.0. The van der Waals surface area contributed by atoms with Gasteiger partial charge in [-0.2, -0.15) is 0 Å². The molecule has 0 spiro atoms. The van der Waals surface area contributed by atoms with Gasteiger partial charge >= 0.3 is 0 Å². The highest BCUT2D eigenvalue weighted by molar-refractivity contribution is 9.09. The predicted molar refractivity (Wildman–Crippen MR) is 79.7 cm³/mol. The maximum atomic E-state index is 12.0. The van der Waals surface area contributed by atoms with Gasteiger partial charge in [0.05, 0.1) is 15.4 Å². The molecule has 1 N–H and O–H groups in total. The minimum Gasteiger partial charge on any atom is -0.351 e. The number of pyridine rings is 1. The number of alkyl halides is 1. The van der Waals surface area contributed by atoms with Crippen molar-refractivity contribution in [1.29, 1.82) is 0 Å². The Morgan fingerprint density at radius 1 is 1.32 bits per heavy atom. The van der Waals surface area contributed by atoms with Crippen molar-refractivity contribution >= 4 is 33.4 Å². The normalized spacial score (nSPS) is 11.9. The van der Waals surface area contributed by atoms with Crippen LogP contribution >= 0.6 is 27.5 Å². The van der Waals surface area contributed by atoms with E-state index in [-0.39, 0.29) is 10.7 Å². The van der Waals surface area contributed by atoms with Crippen molar-refractivity contribution in [2.24, 2.45) is 0 Å². The fraction of sp³-hybridized carbons (Fsp3) is 0.143. The monoisotopic (exact) mass is 338 g/mol. The number of benzene rings is 1. The molecule has 1 atom stereocenters. The molecule has 0 bridgehead atoms. The second-order valence-electron chi connectivity index (χ2n) is 3.94. The molecule has 2 aromatic rings. The van der Waals surface area contributed by atoms with E-state index in [1.54, 1.807) is 12.3 Å². The second-order valence-corrected chi connectivity index (χ2v) is 5.46. The largest absolute Gasteiger partial charge is 0.351 e. The molecule has 0 aliphatic heterocycles. The number of nitrogens with one attached hydrogen (secondary N) is 1. The molecule has 1 unspecified atom stereocenters. The second kappa shape index (κ2) is 6.68. The third kappa shape index (κ3) is 3.78. The van der Waals surface area contributed by atoms with Gasteiger partial charge in [0.25, 0.3) is 5.91 Å². The molecule has 0 saturated heterocycles. The average molecular weight is 340 g/mol. The molecule has 0 fully saturated rings. The molecule has 0 aliphatic carbocycles. The SMILES string of the molecule is O=C(NCC(Br)c1ccccc1)c1ccncc1Cl. The number of hydrogen-bond donors (Lipinski definition) is 1. The first-order chi connectivity index (χ1) is 9.18. The average Bonchev–Trinajstić information content (AvgIpc) is 2.46. The van der Waals surface area contributed by atoms with Crippen LogP contribution in [0.2, 0.25) is 5.02 Å². The van der Waals surface area contributed by atoms with Gasteiger partial charge < -0.3 is 5.32 Å². The highest BCUT2D eigenvalue weighted by atomic mass is 79.9. The number of hydrogen-bond acceptors (Lipinski definition) is 2. The lowest BCUT2D eigenvalue weighted by atomic mass is 10.1. The Morgan fingerprint density at radius 2 is 2.05 bits per heavy atom. The number of amides is 1. The summed E-state index contributed by atoms with van der Waals surface area (Å²) in [4.78, 5) is 15.9. The molecule has 3 nitrogen and oxygen atoms in total. The Hall–Kier alpha value is -1.39.